The third-order valence-electron chi connectivity index (χ3n) is 25.2. The lowest BCUT2D eigenvalue weighted by Crippen LogP contribution is -2.37. The van der Waals surface area contributed by atoms with E-state index in [9.17, 15) is 13.2 Å². The molecule has 0 bridgehead atoms. The van der Waals surface area contributed by atoms with Crippen LogP contribution in [-0.4, -0.2) is 236 Å². The van der Waals surface area contributed by atoms with Crippen LogP contribution in [0, 0.1) is 0 Å². The predicted octanol–water partition coefficient (Wildman–Crippen LogP) is 20.9. The van der Waals surface area contributed by atoms with Crippen LogP contribution in [0.15, 0.2) is 249 Å². The van der Waals surface area contributed by atoms with E-state index in [-0.39, 0.29) is 6.01 Å². The number of para-hydroxylation sites is 1. The van der Waals surface area contributed by atoms with Crippen LogP contribution in [0.2, 0.25) is 5.02 Å². The summed E-state index contributed by atoms with van der Waals surface area (Å²) in [5.41, 5.74) is 12.5. The summed E-state index contributed by atoms with van der Waals surface area (Å²) in [6.07, 6.45) is -1.72. The molecule has 8 heterocycles. The first kappa shape index (κ1) is 104. The number of fused-ring (bicyclic) bond motifs is 4. The van der Waals surface area contributed by atoms with E-state index in [2.05, 4.69) is 66.0 Å². The summed E-state index contributed by atoms with van der Waals surface area (Å²) in [5, 5.41) is 4.39. The van der Waals surface area contributed by atoms with Crippen molar-refractivity contribution in [3.05, 3.63) is 282 Å². The van der Waals surface area contributed by atoms with E-state index in [0.717, 1.165) is 174 Å². The molecule has 34 heteroatoms. The van der Waals surface area contributed by atoms with Gasteiger partial charge in [-0.1, -0.05) is 109 Å². The first-order valence-electron chi connectivity index (χ1n) is 48.7. The molecule has 30 nitrogen and oxygen atoms in total. The Hall–Kier alpha value is -15.7. The van der Waals surface area contributed by atoms with Crippen molar-refractivity contribution in [3.8, 4) is 121 Å². The second-order valence-electron chi connectivity index (χ2n) is 34.5. The van der Waals surface area contributed by atoms with E-state index in [0.29, 0.717) is 204 Å². The predicted molar refractivity (Wildman–Crippen MR) is 565 cm³/mol. The third-order valence-corrected chi connectivity index (χ3v) is 25.5. The van der Waals surface area contributed by atoms with E-state index >= 15 is 0 Å². The Morgan fingerprint density at radius 2 is 0.534 bits per heavy atom. The lowest BCUT2D eigenvalue weighted by molar-refractivity contribution is -0.137. The first-order valence-corrected chi connectivity index (χ1v) is 49.0. The standard InChI is InChI=1S/C29H28F3N3O4.C29H31N3O5.C28H28ClN3O4.C28H29N3O5/c1-36-25-10-3-19(17-26(25)37-2)11-14-39-28-33-24-9-6-21(20-4-7-22(8-5-20)29(30,31)32)18-23(24)27(34-28)35-12-15-38-16-13-35;1-33-23-8-5-21(6-9-23)22-7-10-25-24(19-22)28(32-13-16-36-17-14-32)31-29(30-25)37-15-12-20-4-11-26(34-2)27(18-20)35-3;1-33-25-10-3-19(17-26(25)34-2)11-14-36-28-30-24-9-6-21(20-4-7-22(29)8-5-20)18-23(24)27(31-28)32-12-15-35-16-13-32;1-32-25-11-8-20(18-26(25)33-2)12-15-35-28-29-24-10-9-22(36-21-6-4-3-5-7-21)19-23(24)27(30-28)31-13-16-34-17-14-31/h3-10,17-18H,11-16H2,1-2H3;4-11,18-19H,12-17H2,1-3H3;3-10,17-18H,11-16H2,1-2H3;3-11,18-19H,12-17H2,1-2H3. The topological polar surface area (TPSA) is 282 Å². The van der Waals surface area contributed by atoms with Crippen molar-refractivity contribution in [1.29, 1.82) is 0 Å². The molecular formula is C114H116ClF3N12O18. The molecule has 0 aliphatic carbocycles. The largest absolute Gasteiger partial charge is 0.497 e. The van der Waals surface area contributed by atoms with Crippen LogP contribution in [0.3, 0.4) is 0 Å². The quantitative estimate of drug-likeness (QED) is 0.0362. The number of hydrogen-bond donors (Lipinski definition) is 0. The number of halogens is 4. The van der Waals surface area contributed by atoms with Gasteiger partial charge >= 0.3 is 30.2 Å². The van der Waals surface area contributed by atoms with Crippen LogP contribution in [0.1, 0.15) is 27.8 Å². The highest BCUT2D eigenvalue weighted by Crippen LogP contribution is 2.41. The zero-order valence-corrected chi connectivity index (χ0v) is 84.6. The van der Waals surface area contributed by atoms with Gasteiger partial charge in [-0.05, 0) is 207 Å². The Balaban J connectivity index is 0.000000135. The van der Waals surface area contributed by atoms with Gasteiger partial charge in [-0.25, -0.2) is 0 Å². The van der Waals surface area contributed by atoms with Gasteiger partial charge in [0.05, 0.1) is 171 Å². The van der Waals surface area contributed by atoms with E-state index in [4.69, 9.17) is 127 Å². The fraction of sp³-hybridized carbons (Fsp3) is 0.298. The fourth-order valence-electron chi connectivity index (χ4n) is 17.4. The van der Waals surface area contributed by atoms with Crippen LogP contribution < -0.4 is 85.9 Å². The van der Waals surface area contributed by atoms with Crippen LogP contribution in [0.5, 0.6) is 87.3 Å². The normalized spacial score (nSPS) is 13.6. The fourth-order valence-corrected chi connectivity index (χ4v) is 17.5. The number of rotatable bonds is 34. The van der Waals surface area contributed by atoms with Crippen molar-refractivity contribution in [2.24, 2.45) is 0 Å². The molecule has 0 spiro atoms. The molecular weight excluding hydrogens is 1920 g/mol. The molecule has 0 N–H and O–H groups in total. The van der Waals surface area contributed by atoms with Gasteiger partial charge in [0.15, 0.2) is 46.0 Å². The number of methoxy groups -OCH3 is 9. The van der Waals surface area contributed by atoms with Gasteiger partial charge in [0.2, 0.25) is 0 Å². The van der Waals surface area contributed by atoms with E-state index < -0.39 is 11.7 Å². The minimum absolute atomic E-state index is 0.256. The van der Waals surface area contributed by atoms with Crippen molar-refractivity contribution in [2.45, 2.75) is 31.9 Å². The smallest absolute Gasteiger partial charge is 0.416 e. The summed E-state index contributed by atoms with van der Waals surface area (Å²) < 4.78 is 140. The molecule has 0 amide bonds. The molecule has 768 valence electrons. The number of anilines is 4. The first-order chi connectivity index (χ1) is 72.4. The Morgan fingerprint density at radius 3 is 0.824 bits per heavy atom. The molecule has 0 saturated carbocycles. The number of hydrogen-bond acceptors (Lipinski definition) is 30. The second-order valence-corrected chi connectivity index (χ2v) is 34.9. The van der Waals surface area contributed by atoms with E-state index in [1.807, 2.05) is 188 Å². The number of nitrogens with zero attached hydrogens (tertiary/aromatic N) is 12. The van der Waals surface area contributed by atoms with Gasteiger partial charge in [-0.2, -0.15) is 53.0 Å². The average Bonchev–Trinajstić information content (AvgIpc) is 0.787. The summed E-state index contributed by atoms with van der Waals surface area (Å²) in [5.74, 6) is 11.1. The highest BCUT2D eigenvalue weighted by Gasteiger charge is 2.31. The van der Waals surface area contributed by atoms with Gasteiger partial charge in [0, 0.05) is 105 Å². The van der Waals surface area contributed by atoms with Crippen LogP contribution in [0.4, 0.5) is 36.4 Å². The van der Waals surface area contributed by atoms with Gasteiger partial charge < -0.3 is 105 Å². The molecule has 4 aromatic heterocycles. The molecule has 12 aromatic carbocycles. The van der Waals surface area contributed by atoms with Gasteiger partial charge in [0.1, 0.15) is 40.5 Å². The monoisotopic (exact) mass is 2030 g/mol. The third kappa shape index (κ3) is 26.6. The van der Waals surface area contributed by atoms with Gasteiger partial charge in [0.25, 0.3) is 0 Å². The van der Waals surface area contributed by atoms with E-state index in [1.165, 1.54) is 12.1 Å². The lowest BCUT2D eigenvalue weighted by atomic mass is 10.0. The van der Waals surface area contributed by atoms with Crippen LogP contribution in [0.25, 0.3) is 77.0 Å². The molecule has 0 radical (unpaired) electrons. The molecule has 4 saturated heterocycles. The zero-order chi connectivity index (χ0) is 103. The summed E-state index contributed by atoms with van der Waals surface area (Å²) in [4.78, 5) is 46.8. The summed E-state index contributed by atoms with van der Waals surface area (Å²) in [7, 11) is 14.6. The zero-order valence-electron chi connectivity index (χ0n) is 83.9. The number of aromatic nitrogens is 8. The molecule has 0 atom stereocenters. The molecule has 148 heavy (non-hydrogen) atoms. The van der Waals surface area contributed by atoms with Crippen molar-refractivity contribution >= 4 is 78.5 Å². The minimum atomic E-state index is -4.38. The minimum Gasteiger partial charge on any atom is -0.497 e. The lowest BCUT2D eigenvalue weighted by Gasteiger charge is -2.29. The highest BCUT2D eigenvalue weighted by atomic mass is 35.5. The maximum atomic E-state index is 13.0. The number of ether oxygens (including phenoxy) is 18. The Kier molecular flexibility index (Phi) is 35.3. The van der Waals surface area contributed by atoms with Crippen molar-refractivity contribution < 1.29 is 98.4 Å². The number of alkyl halides is 3. The summed E-state index contributed by atoms with van der Waals surface area (Å²) in [6, 6.07) is 79.3. The summed E-state index contributed by atoms with van der Waals surface area (Å²) >= 11 is 6.08. The van der Waals surface area contributed by atoms with Crippen LogP contribution in [-0.2, 0) is 50.8 Å². The van der Waals surface area contributed by atoms with Gasteiger partial charge in [-0.15, -0.1) is 0 Å². The highest BCUT2D eigenvalue weighted by molar-refractivity contribution is 6.30. The van der Waals surface area contributed by atoms with Crippen molar-refractivity contribution in [2.75, 3.05) is 215 Å². The Bertz CT molecular complexity index is 7140. The molecule has 0 unspecified atom stereocenters. The maximum absolute atomic E-state index is 13.0. The SMILES string of the molecule is COc1ccc(-c2ccc3nc(OCCc4ccc(OC)c(OC)c4)nc(N4CCOCC4)c3c2)cc1.COc1ccc(CCOc2nc(N3CCOCC3)c3cc(-c4ccc(C(F)(F)F)cc4)ccc3n2)cc1OC.COc1ccc(CCOc2nc(N3CCOCC3)c3cc(-c4ccc(Cl)cc4)ccc3n2)cc1OC.COc1ccc(CCOc2nc(N3CCOCC3)c3cc(Oc4ccccc4)ccc3n2)cc1OC. The molecule has 4 aliphatic heterocycles. The molecule has 20 rings (SSSR count). The number of benzene rings is 12. The second kappa shape index (κ2) is 50.4. The van der Waals surface area contributed by atoms with Crippen molar-refractivity contribution in [1.82, 2.24) is 39.9 Å². The summed E-state index contributed by atoms with van der Waals surface area (Å²) in [6.45, 7) is 12.6. The molecule has 16 aromatic rings. The van der Waals surface area contributed by atoms with Crippen molar-refractivity contribution in [3.63, 3.8) is 0 Å². The molecule has 4 aliphatic rings. The maximum Gasteiger partial charge on any atom is 0.416 e. The van der Waals surface area contributed by atoms with E-state index in [1.54, 1.807) is 64.0 Å². The Labute approximate surface area is 861 Å². The average molecular weight is 2030 g/mol. The van der Waals surface area contributed by atoms with Crippen LogP contribution >= 0.6 is 11.6 Å². The Morgan fingerprint density at radius 1 is 0.264 bits per heavy atom. The molecule has 4 fully saturated rings. The number of morpholine rings is 4. The van der Waals surface area contributed by atoms with Gasteiger partial charge in [-0.3, -0.25) is 0 Å².